The van der Waals surface area contributed by atoms with Gasteiger partial charge in [0.1, 0.15) is 5.54 Å². The number of nitrogens with one attached hydrogen (secondary N) is 1. The highest BCUT2D eigenvalue weighted by molar-refractivity contribution is 8.14. The Morgan fingerprint density at radius 2 is 2.34 bits per heavy atom. The van der Waals surface area contributed by atoms with Gasteiger partial charge in [-0.2, -0.15) is 8.78 Å². The number of carbonyl (C=O) groups is 1. The van der Waals surface area contributed by atoms with Crippen LogP contribution in [0.3, 0.4) is 0 Å². The maximum Gasteiger partial charge on any atom is 0.345 e. The minimum atomic E-state index is -2.85. The standard InChI is InChI=1S/C18H17F2N5O2S2/c1-3-11-8-23-15(28-11)14(26)24-10-4-5-22-13(6-10)18(2)7-12(9-27-16(19)20)29-17(21)25-18/h1,4-6,8,12,16H,7,9H2,2H3,(H2,21,25)(H,22,24,26)/t12-,18-/m0/s1. The third-order valence-corrected chi connectivity index (χ3v) is 5.99. The van der Waals surface area contributed by atoms with Crippen LogP contribution in [0.4, 0.5) is 14.5 Å². The molecule has 11 heteroatoms. The molecule has 0 aliphatic carbocycles. The number of rotatable bonds is 6. The van der Waals surface area contributed by atoms with Crippen LogP contribution in [0.1, 0.15) is 33.7 Å². The third kappa shape index (κ3) is 5.29. The van der Waals surface area contributed by atoms with E-state index in [0.717, 1.165) is 11.3 Å². The molecule has 0 bridgehead atoms. The van der Waals surface area contributed by atoms with Crippen molar-refractivity contribution in [3.05, 3.63) is 40.1 Å². The van der Waals surface area contributed by atoms with Gasteiger partial charge in [0.05, 0.1) is 23.4 Å². The summed E-state index contributed by atoms with van der Waals surface area (Å²) in [4.78, 5) is 25.7. The van der Waals surface area contributed by atoms with Gasteiger partial charge >= 0.3 is 6.61 Å². The Hall–Kier alpha value is -2.55. The second kappa shape index (κ2) is 8.86. The molecule has 0 fully saturated rings. The lowest BCUT2D eigenvalue weighted by molar-refractivity contribution is -0.128. The minimum Gasteiger partial charge on any atom is -0.379 e. The van der Waals surface area contributed by atoms with Crippen molar-refractivity contribution in [1.29, 1.82) is 0 Å². The summed E-state index contributed by atoms with van der Waals surface area (Å²) in [6.45, 7) is -1.20. The van der Waals surface area contributed by atoms with Crippen LogP contribution < -0.4 is 11.1 Å². The molecule has 2 atom stereocenters. The molecule has 0 radical (unpaired) electrons. The van der Waals surface area contributed by atoms with Crippen molar-refractivity contribution < 1.29 is 18.3 Å². The Labute approximate surface area is 174 Å². The maximum absolute atomic E-state index is 12.4. The Balaban J connectivity index is 1.77. The molecular formula is C18H17F2N5O2S2. The third-order valence-electron chi connectivity index (χ3n) is 4.09. The molecular weight excluding hydrogens is 420 g/mol. The van der Waals surface area contributed by atoms with Crippen molar-refractivity contribution in [2.45, 2.75) is 30.7 Å². The van der Waals surface area contributed by atoms with E-state index in [1.807, 2.05) is 6.92 Å². The normalized spacial score (nSPS) is 21.5. The average molecular weight is 437 g/mol. The lowest BCUT2D eigenvalue weighted by atomic mass is 9.91. The van der Waals surface area contributed by atoms with E-state index in [1.165, 1.54) is 24.2 Å². The smallest absolute Gasteiger partial charge is 0.345 e. The Bertz CT molecular complexity index is 975. The monoisotopic (exact) mass is 437 g/mol. The highest BCUT2D eigenvalue weighted by Crippen LogP contribution is 2.39. The number of hydrogen-bond donors (Lipinski definition) is 2. The van der Waals surface area contributed by atoms with Gasteiger partial charge in [-0.15, -0.1) is 17.8 Å². The summed E-state index contributed by atoms with van der Waals surface area (Å²) >= 11 is 2.30. The first-order valence-electron chi connectivity index (χ1n) is 8.41. The predicted molar refractivity (Wildman–Crippen MR) is 109 cm³/mol. The van der Waals surface area contributed by atoms with E-state index >= 15 is 0 Å². The van der Waals surface area contributed by atoms with Crippen molar-refractivity contribution in [2.24, 2.45) is 10.7 Å². The topological polar surface area (TPSA) is 102 Å². The Morgan fingerprint density at radius 1 is 1.55 bits per heavy atom. The van der Waals surface area contributed by atoms with E-state index in [9.17, 15) is 13.6 Å². The van der Waals surface area contributed by atoms with E-state index in [2.05, 4.69) is 30.9 Å². The van der Waals surface area contributed by atoms with Crippen molar-refractivity contribution in [3.8, 4) is 12.3 Å². The largest absolute Gasteiger partial charge is 0.379 e. The van der Waals surface area contributed by atoms with E-state index in [0.29, 0.717) is 22.7 Å². The van der Waals surface area contributed by atoms with E-state index in [-0.39, 0.29) is 22.0 Å². The molecule has 1 aliphatic rings. The number of hydrogen-bond acceptors (Lipinski definition) is 8. The van der Waals surface area contributed by atoms with Crippen LogP contribution in [-0.2, 0) is 10.3 Å². The molecule has 1 amide bonds. The number of amides is 1. The highest BCUT2D eigenvalue weighted by Gasteiger charge is 2.36. The molecule has 0 unspecified atom stereocenters. The number of thiazole rings is 1. The first kappa shape index (κ1) is 21.2. The maximum atomic E-state index is 12.4. The van der Waals surface area contributed by atoms with Crippen LogP contribution in [0.25, 0.3) is 0 Å². The molecule has 3 rings (SSSR count). The number of amidine groups is 1. The molecule has 0 saturated carbocycles. The number of pyridine rings is 1. The number of nitrogens with zero attached hydrogens (tertiary/aromatic N) is 3. The second-order valence-electron chi connectivity index (χ2n) is 6.32. The first-order valence-corrected chi connectivity index (χ1v) is 10.1. The van der Waals surface area contributed by atoms with Gasteiger partial charge in [0.25, 0.3) is 5.91 Å². The van der Waals surface area contributed by atoms with Crippen LogP contribution in [0.2, 0.25) is 0 Å². The fourth-order valence-electron chi connectivity index (χ4n) is 2.84. The molecule has 7 nitrogen and oxygen atoms in total. The van der Waals surface area contributed by atoms with Gasteiger partial charge in [-0.3, -0.25) is 9.78 Å². The quantitative estimate of drug-likeness (QED) is 0.674. The minimum absolute atomic E-state index is 0.161. The number of anilines is 1. The summed E-state index contributed by atoms with van der Waals surface area (Å²) in [6.07, 6.45) is 8.68. The number of halogens is 2. The van der Waals surface area contributed by atoms with Gasteiger partial charge in [-0.25, -0.2) is 9.98 Å². The number of thioether (sulfide) groups is 1. The molecule has 3 heterocycles. The summed E-state index contributed by atoms with van der Waals surface area (Å²) in [7, 11) is 0. The number of nitrogens with two attached hydrogens (primary N) is 1. The van der Waals surface area contributed by atoms with Crippen molar-refractivity contribution in [2.75, 3.05) is 11.9 Å². The lowest BCUT2D eigenvalue weighted by Gasteiger charge is -2.33. The number of ether oxygens (including phenoxy) is 1. The SMILES string of the molecule is C#Cc1cnc(C(=O)Nc2ccnc([C@]3(C)C[C@@H](COC(F)F)SC(N)=N3)c2)s1. The van der Waals surface area contributed by atoms with Gasteiger partial charge in [-0.1, -0.05) is 17.7 Å². The highest BCUT2D eigenvalue weighted by atomic mass is 32.2. The van der Waals surface area contributed by atoms with Crippen LogP contribution in [0, 0.1) is 12.3 Å². The molecule has 152 valence electrons. The number of alkyl halides is 2. The van der Waals surface area contributed by atoms with Gasteiger partial charge < -0.3 is 15.8 Å². The molecule has 29 heavy (non-hydrogen) atoms. The summed E-state index contributed by atoms with van der Waals surface area (Å²) in [6, 6.07) is 3.30. The van der Waals surface area contributed by atoms with Crippen LogP contribution >= 0.6 is 23.1 Å². The van der Waals surface area contributed by atoms with Gasteiger partial charge in [0.2, 0.25) is 0 Å². The van der Waals surface area contributed by atoms with E-state index < -0.39 is 18.1 Å². The number of terminal acetylenes is 1. The zero-order valence-corrected chi connectivity index (χ0v) is 16.9. The zero-order chi connectivity index (χ0) is 21.0. The summed E-state index contributed by atoms with van der Waals surface area (Å²) in [5.74, 6) is 2.03. The fourth-order valence-corrected chi connectivity index (χ4v) is 4.61. The van der Waals surface area contributed by atoms with Gasteiger partial charge in [0.15, 0.2) is 10.2 Å². The van der Waals surface area contributed by atoms with Crippen LogP contribution in [-0.4, -0.2) is 39.5 Å². The molecule has 0 aromatic carbocycles. The predicted octanol–water partition coefficient (Wildman–Crippen LogP) is 3.05. The van der Waals surface area contributed by atoms with Crippen molar-refractivity contribution in [1.82, 2.24) is 9.97 Å². The van der Waals surface area contributed by atoms with Crippen LogP contribution in [0.15, 0.2) is 29.5 Å². The summed E-state index contributed by atoms with van der Waals surface area (Å²) in [5, 5.41) is 2.95. The molecule has 3 N–H and O–H groups in total. The number of aromatic nitrogens is 2. The second-order valence-corrected chi connectivity index (χ2v) is 8.67. The van der Waals surface area contributed by atoms with Crippen molar-refractivity contribution >= 4 is 39.9 Å². The van der Waals surface area contributed by atoms with Gasteiger partial charge in [-0.05, 0) is 25.5 Å². The number of aliphatic imine (C=N–C) groups is 1. The number of carbonyl (C=O) groups excluding carboxylic acids is 1. The van der Waals surface area contributed by atoms with Gasteiger partial charge in [0, 0.05) is 17.1 Å². The summed E-state index contributed by atoms with van der Waals surface area (Å²) < 4.78 is 29.2. The molecule has 0 saturated heterocycles. The Kier molecular flexibility index (Phi) is 6.46. The first-order chi connectivity index (χ1) is 13.8. The molecule has 2 aromatic rings. The molecule has 1 aliphatic heterocycles. The van der Waals surface area contributed by atoms with Crippen molar-refractivity contribution in [3.63, 3.8) is 0 Å². The summed E-state index contributed by atoms with van der Waals surface area (Å²) in [5.41, 5.74) is 6.10. The molecule has 0 spiro atoms. The fraction of sp³-hybridized carbons (Fsp3) is 0.333. The Morgan fingerprint density at radius 3 is 3.03 bits per heavy atom. The molecule has 2 aromatic heterocycles. The zero-order valence-electron chi connectivity index (χ0n) is 15.3. The van der Waals surface area contributed by atoms with E-state index in [4.69, 9.17) is 12.2 Å². The van der Waals surface area contributed by atoms with Crippen LogP contribution in [0.5, 0.6) is 0 Å². The van der Waals surface area contributed by atoms with E-state index in [1.54, 1.807) is 12.1 Å². The average Bonchev–Trinajstić information content (AvgIpc) is 3.15. The lowest BCUT2D eigenvalue weighted by Crippen LogP contribution is -2.36.